The number of ketones is 1. The first-order valence-corrected chi connectivity index (χ1v) is 10.00. The lowest BCUT2D eigenvalue weighted by Crippen LogP contribution is -2.36. The number of rotatable bonds is 3. The van der Waals surface area contributed by atoms with Crippen molar-refractivity contribution in [3.63, 3.8) is 0 Å². The van der Waals surface area contributed by atoms with E-state index >= 15 is 0 Å². The largest absolute Gasteiger partial charge is 0.466 e. The first kappa shape index (κ1) is 19.5. The zero-order chi connectivity index (χ0) is 20.5. The van der Waals surface area contributed by atoms with E-state index in [4.69, 9.17) is 16.3 Å². The van der Waals surface area contributed by atoms with E-state index in [-0.39, 0.29) is 11.7 Å². The molecule has 4 nitrogen and oxygen atoms in total. The van der Waals surface area contributed by atoms with Crippen LogP contribution in [-0.2, 0) is 14.3 Å². The molecule has 0 radical (unpaired) electrons. The van der Waals surface area contributed by atoms with E-state index in [9.17, 15) is 9.59 Å². The van der Waals surface area contributed by atoms with Crippen molar-refractivity contribution in [3.05, 3.63) is 93.3 Å². The lowest BCUT2D eigenvalue weighted by molar-refractivity contribution is -0.136. The van der Waals surface area contributed by atoms with E-state index in [0.717, 1.165) is 22.5 Å². The van der Waals surface area contributed by atoms with E-state index in [1.807, 2.05) is 61.5 Å². The molecule has 148 valence electrons. The molecule has 0 saturated carbocycles. The molecule has 2 aromatic carbocycles. The minimum atomic E-state index is -0.418. The Balaban J connectivity index is 1.79. The fraction of sp³-hybridized carbons (Fsp3) is 0.250. The van der Waals surface area contributed by atoms with Crippen LogP contribution in [-0.4, -0.2) is 18.9 Å². The van der Waals surface area contributed by atoms with Gasteiger partial charge in [0.05, 0.1) is 12.7 Å². The van der Waals surface area contributed by atoms with Crippen LogP contribution in [0.5, 0.6) is 0 Å². The summed E-state index contributed by atoms with van der Waals surface area (Å²) >= 11 is 6.02. The zero-order valence-corrected chi connectivity index (χ0v) is 17.1. The van der Waals surface area contributed by atoms with Gasteiger partial charge in [-0.2, -0.15) is 0 Å². The molecule has 0 amide bonds. The molecule has 0 saturated heterocycles. The molecule has 0 spiro atoms. The standard InChI is InChI=1S/C24H22ClNO3/c1-14-21(24(28)29-2)22(16-6-4-3-5-7-16)23-19(26-14)12-17(13-20(23)27)15-8-10-18(25)11-9-15/h3-11,17,22,26H,12-13H2,1-2H3/t17-,22+/m1/s1. The fourth-order valence-corrected chi connectivity index (χ4v) is 4.50. The Labute approximate surface area is 175 Å². The van der Waals surface area contributed by atoms with Crippen molar-refractivity contribution in [3.8, 4) is 0 Å². The highest BCUT2D eigenvalue weighted by molar-refractivity contribution is 6.30. The summed E-state index contributed by atoms with van der Waals surface area (Å²) in [6.07, 6.45) is 1.11. The van der Waals surface area contributed by atoms with Crippen molar-refractivity contribution in [2.24, 2.45) is 0 Å². The van der Waals surface area contributed by atoms with Crippen LogP contribution in [0.2, 0.25) is 5.02 Å². The van der Waals surface area contributed by atoms with E-state index in [2.05, 4.69) is 5.32 Å². The average Bonchev–Trinajstić information content (AvgIpc) is 2.73. The number of nitrogens with one attached hydrogen (secondary N) is 1. The molecule has 5 heteroatoms. The number of methoxy groups -OCH3 is 1. The average molecular weight is 408 g/mol. The summed E-state index contributed by atoms with van der Waals surface area (Å²) < 4.78 is 5.05. The number of halogens is 1. The van der Waals surface area contributed by atoms with Gasteiger partial charge in [-0.1, -0.05) is 54.1 Å². The third kappa shape index (κ3) is 3.60. The molecule has 1 heterocycles. The van der Waals surface area contributed by atoms with Gasteiger partial charge in [-0.25, -0.2) is 4.79 Å². The lowest BCUT2D eigenvalue weighted by Gasteiger charge is -2.36. The third-order valence-corrected chi connectivity index (χ3v) is 5.96. The number of carbonyl (C=O) groups is 2. The maximum atomic E-state index is 13.3. The highest BCUT2D eigenvalue weighted by Gasteiger charge is 2.41. The number of esters is 1. The summed E-state index contributed by atoms with van der Waals surface area (Å²) in [6.45, 7) is 1.86. The van der Waals surface area contributed by atoms with E-state index in [0.29, 0.717) is 29.0 Å². The second-order valence-electron chi connectivity index (χ2n) is 7.47. The van der Waals surface area contributed by atoms with Crippen molar-refractivity contribution in [2.45, 2.75) is 31.6 Å². The van der Waals surface area contributed by atoms with Gasteiger partial charge in [-0.05, 0) is 42.5 Å². The molecule has 0 unspecified atom stereocenters. The topological polar surface area (TPSA) is 55.4 Å². The van der Waals surface area contributed by atoms with Crippen molar-refractivity contribution in [1.29, 1.82) is 0 Å². The number of benzene rings is 2. The molecular formula is C24H22ClNO3. The second-order valence-corrected chi connectivity index (χ2v) is 7.91. The Morgan fingerprint density at radius 2 is 1.72 bits per heavy atom. The van der Waals surface area contributed by atoms with Gasteiger partial charge in [-0.3, -0.25) is 4.79 Å². The van der Waals surface area contributed by atoms with Gasteiger partial charge in [0.2, 0.25) is 0 Å². The van der Waals surface area contributed by atoms with Crippen molar-refractivity contribution >= 4 is 23.4 Å². The molecule has 0 aromatic heterocycles. The minimum Gasteiger partial charge on any atom is -0.466 e. The summed E-state index contributed by atoms with van der Waals surface area (Å²) in [6, 6.07) is 17.3. The summed E-state index contributed by atoms with van der Waals surface area (Å²) in [5.41, 5.74) is 4.80. The second kappa shape index (κ2) is 7.88. The molecule has 1 aliphatic heterocycles. The molecule has 4 rings (SSSR count). The van der Waals surface area contributed by atoms with Crippen molar-refractivity contribution in [1.82, 2.24) is 5.32 Å². The molecule has 29 heavy (non-hydrogen) atoms. The molecule has 2 aromatic rings. The smallest absolute Gasteiger partial charge is 0.336 e. The minimum absolute atomic E-state index is 0.0569. The van der Waals surface area contributed by atoms with Gasteiger partial charge in [0.15, 0.2) is 5.78 Å². The van der Waals surface area contributed by atoms with Crippen LogP contribution in [0, 0.1) is 0 Å². The number of hydrogen-bond donors (Lipinski definition) is 1. The number of hydrogen-bond acceptors (Lipinski definition) is 4. The van der Waals surface area contributed by atoms with Crippen LogP contribution in [0.25, 0.3) is 0 Å². The van der Waals surface area contributed by atoms with Gasteiger partial charge in [-0.15, -0.1) is 0 Å². The quantitative estimate of drug-likeness (QED) is 0.737. The Kier molecular flexibility index (Phi) is 5.29. The summed E-state index contributed by atoms with van der Waals surface area (Å²) in [7, 11) is 1.37. The predicted molar refractivity (Wildman–Crippen MR) is 112 cm³/mol. The summed E-state index contributed by atoms with van der Waals surface area (Å²) in [5, 5.41) is 4.01. The molecule has 2 atom stereocenters. The maximum Gasteiger partial charge on any atom is 0.336 e. The Morgan fingerprint density at radius 3 is 2.38 bits per heavy atom. The van der Waals surface area contributed by atoms with E-state index < -0.39 is 11.9 Å². The van der Waals surface area contributed by atoms with Crippen LogP contribution >= 0.6 is 11.6 Å². The molecule has 2 aliphatic rings. The van der Waals surface area contributed by atoms with Gasteiger partial charge >= 0.3 is 5.97 Å². The van der Waals surface area contributed by atoms with E-state index in [1.54, 1.807) is 0 Å². The van der Waals surface area contributed by atoms with Crippen LogP contribution in [0.4, 0.5) is 0 Å². The summed E-state index contributed by atoms with van der Waals surface area (Å²) in [5.74, 6) is -0.696. The highest BCUT2D eigenvalue weighted by atomic mass is 35.5. The number of ether oxygens (including phenoxy) is 1. The van der Waals surface area contributed by atoms with Gasteiger partial charge in [0.25, 0.3) is 0 Å². The first-order valence-electron chi connectivity index (χ1n) is 9.62. The maximum absolute atomic E-state index is 13.3. The van der Waals surface area contributed by atoms with Crippen LogP contribution in [0.15, 0.2) is 77.1 Å². The monoisotopic (exact) mass is 407 g/mol. The van der Waals surface area contributed by atoms with Gasteiger partial charge in [0, 0.05) is 34.3 Å². The third-order valence-electron chi connectivity index (χ3n) is 5.71. The van der Waals surface area contributed by atoms with Gasteiger partial charge < -0.3 is 10.1 Å². The number of dihydropyridines is 1. The summed E-state index contributed by atoms with van der Waals surface area (Å²) in [4.78, 5) is 25.9. The number of carbonyl (C=O) groups excluding carboxylic acids is 2. The SMILES string of the molecule is COC(=O)C1=C(C)NC2=C(C(=O)C[C@H](c3ccc(Cl)cc3)C2)[C@H]1c1ccccc1. The molecular weight excluding hydrogens is 386 g/mol. The number of allylic oxidation sites excluding steroid dienone is 3. The molecule has 0 fully saturated rings. The Hall–Kier alpha value is -2.85. The van der Waals surface area contributed by atoms with Crippen LogP contribution in [0.1, 0.15) is 42.7 Å². The normalized spacial score (nSPS) is 21.6. The molecule has 1 N–H and O–H groups in total. The fourth-order valence-electron chi connectivity index (χ4n) is 4.37. The highest BCUT2D eigenvalue weighted by Crippen LogP contribution is 2.45. The van der Waals surface area contributed by atoms with Crippen molar-refractivity contribution in [2.75, 3.05) is 7.11 Å². The first-order chi connectivity index (χ1) is 14.0. The Morgan fingerprint density at radius 1 is 1.03 bits per heavy atom. The molecule has 0 bridgehead atoms. The Bertz CT molecular complexity index is 1020. The van der Waals surface area contributed by atoms with E-state index in [1.165, 1.54) is 7.11 Å². The molecule has 1 aliphatic carbocycles. The number of Topliss-reactive ketones (excluding diaryl/α,β-unsaturated/α-hetero) is 1. The zero-order valence-electron chi connectivity index (χ0n) is 16.4. The van der Waals surface area contributed by atoms with Gasteiger partial charge in [0.1, 0.15) is 0 Å². The van der Waals surface area contributed by atoms with Crippen LogP contribution < -0.4 is 5.32 Å². The van der Waals surface area contributed by atoms with Crippen LogP contribution in [0.3, 0.4) is 0 Å². The lowest BCUT2D eigenvalue weighted by atomic mass is 9.72. The van der Waals surface area contributed by atoms with Crippen molar-refractivity contribution < 1.29 is 14.3 Å². The predicted octanol–water partition coefficient (Wildman–Crippen LogP) is 4.87.